The summed E-state index contributed by atoms with van der Waals surface area (Å²) in [7, 11) is 0. The minimum atomic E-state index is -1.19. The molecule has 174 valence electrons. The second-order valence-electron chi connectivity index (χ2n) is 11.9. The first kappa shape index (κ1) is 23.0. The van der Waals surface area contributed by atoms with Gasteiger partial charge < -0.3 is 0 Å². The van der Waals surface area contributed by atoms with Crippen LogP contribution in [0.25, 0.3) is 0 Å². The molecule has 0 nitrogen and oxygen atoms in total. The zero-order valence-corrected chi connectivity index (χ0v) is 19.8. The Bertz CT molecular complexity index is 501. The fourth-order valence-electron chi connectivity index (χ4n) is 8.52. The van der Waals surface area contributed by atoms with E-state index >= 15 is 4.39 Å². The highest BCUT2D eigenvalue weighted by molar-refractivity contribution is 4.97. The fourth-order valence-corrected chi connectivity index (χ4v) is 8.52. The summed E-state index contributed by atoms with van der Waals surface area (Å²) in [5.41, 5.74) is 0. The molecule has 4 aliphatic carbocycles. The summed E-state index contributed by atoms with van der Waals surface area (Å²) in [5, 5.41) is 0. The molecule has 0 aromatic rings. The average Bonchev–Trinajstić information content (AvgIpc) is 2.78. The van der Waals surface area contributed by atoms with Gasteiger partial charge in [0.1, 0.15) is 12.3 Å². The quantitative estimate of drug-likeness (QED) is 0.401. The molecule has 0 N–H and O–H groups in total. The molecule has 6 atom stereocenters. The third kappa shape index (κ3) is 5.09. The number of fused-ring (bicyclic) bond motifs is 1. The van der Waals surface area contributed by atoms with Crippen LogP contribution in [-0.2, 0) is 0 Å². The lowest BCUT2D eigenvalue weighted by molar-refractivity contribution is -0.0526. The van der Waals surface area contributed by atoms with Gasteiger partial charge in [-0.15, -0.1) is 0 Å². The molecule has 0 aliphatic heterocycles. The second kappa shape index (κ2) is 10.7. The average molecular weight is 423 g/mol. The van der Waals surface area contributed by atoms with Gasteiger partial charge in [0.15, 0.2) is 0 Å². The predicted octanol–water partition coefficient (Wildman–Crippen LogP) is 8.93. The Balaban J connectivity index is 1.24. The molecule has 6 unspecified atom stereocenters. The molecule has 0 spiro atoms. The summed E-state index contributed by atoms with van der Waals surface area (Å²) < 4.78 is 29.8. The van der Waals surface area contributed by atoms with Gasteiger partial charge in [0.2, 0.25) is 0 Å². The lowest BCUT2D eigenvalue weighted by Gasteiger charge is -2.48. The normalized spacial score (nSPS) is 47.6. The largest absolute Gasteiger partial charge is 0.244 e. The summed E-state index contributed by atoms with van der Waals surface area (Å²) in [6, 6.07) is 0. The number of halogens is 2. The number of alkyl halides is 2. The van der Waals surface area contributed by atoms with Gasteiger partial charge in [-0.1, -0.05) is 46.0 Å². The van der Waals surface area contributed by atoms with Crippen LogP contribution in [0.15, 0.2) is 0 Å². The lowest BCUT2D eigenvalue weighted by atomic mass is 9.59. The van der Waals surface area contributed by atoms with Crippen LogP contribution >= 0.6 is 0 Å². The molecule has 30 heavy (non-hydrogen) atoms. The Morgan fingerprint density at radius 3 is 1.63 bits per heavy atom. The molecular formula is C28H48F2. The fraction of sp³-hybridized carbons (Fsp3) is 1.00. The molecule has 0 saturated heterocycles. The van der Waals surface area contributed by atoms with E-state index in [-0.39, 0.29) is 11.8 Å². The van der Waals surface area contributed by atoms with Crippen molar-refractivity contribution in [2.45, 2.75) is 129 Å². The molecule has 2 heteroatoms. The Kier molecular flexibility index (Phi) is 8.18. The van der Waals surface area contributed by atoms with Crippen molar-refractivity contribution in [1.82, 2.24) is 0 Å². The van der Waals surface area contributed by atoms with Crippen LogP contribution in [0.2, 0.25) is 0 Å². The van der Waals surface area contributed by atoms with Gasteiger partial charge in [-0.25, -0.2) is 8.78 Å². The van der Waals surface area contributed by atoms with Crippen molar-refractivity contribution in [1.29, 1.82) is 0 Å². The first-order valence-corrected chi connectivity index (χ1v) is 13.9. The standard InChI is InChI=1S/C28H48F2/c1-3-5-19-7-9-20(10-8-19)21-11-13-22(14-12-21)23-15-16-24-17-25(6-4-2)27(29)28(30)26(24)18-23/h19-28H,3-18H2,1-2H3. The topological polar surface area (TPSA) is 0 Å². The Morgan fingerprint density at radius 2 is 1.03 bits per heavy atom. The summed E-state index contributed by atoms with van der Waals surface area (Å²) >= 11 is 0. The first-order chi connectivity index (χ1) is 14.6. The molecule has 0 bridgehead atoms. The smallest absolute Gasteiger partial charge is 0.134 e. The van der Waals surface area contributed by atoms with Crippen LogP contribution < -0.4 is 0 Å². The third-order valence-electron chi connectivity index (χ3n) is 10.3. The number of hydrogen-bond acceptors (Lipinski definition) is 0. The van der Waals surface area contributed by atoms with E-state index < -0.39 is 12.3 Å². The minimum absolute atomic E-state index is 0.00865. The Morgan fingerprint density at radius 1 is 0.533 bits per heavy atom. The molecule has 4 fully saturated rings. The molecule has 4 saturated carbocycles. The highest BCUT2D eigenvalue weighted by atomic mass is 19.2. The minimum Gasteiger partial charge on any atom is -0.244 e. The summed E-state index contributed by atoms with van der Waals surface area (Å²) in [5.74, 6) is 4.94. The maximum absolute atomic E-state index is 15.0. The van der Waals surface area contributed by atoms with E-state index in [4.69, 9.17) is 0 Å². The van der Waals surface area contributed by atoms with Crippen LogP contribution in [0.3, 0.4) is 0 Å². The molecular weight excluding hydrogens is 374 g/mol. The highest BCUT2D eigenvalue weighted by Gasteiger charge is 2.48. The number of hydrogen-bond donors (Lipinski definition) is 0. The zero-order valence-electron chi connectivity index (χ0n) is 19.8. The van der Waals surface area contributed by atoms with Gasteiger partial charge >= 0.3 is 0 Å². The van der Waals surface area contributed by atoms with E-state index in [1.54, 1.807) is 0 Å². The molecule has 0 aromatic carbocycles. The van der Waals surface area contributed by atoms with Gasteiger partial charge in [0.05, 0.1) is 0 Å². The van der Waals surface area contributed by atoms with Crippen molar-refractivity contribution in [2.24, 2.45) is 47.3 Å². The van der Waals surface area contributed by atoms with Crippen LogP contribution in [0.1, 0.15) is 117 Å². The van der Waals surface area contributed by atoms with Crippen molar-refractivity contribution >= 4 is 0 Å². The molecule has 0 aromatic heterocycles. The van der Waals surface area contributed by atoms with Crippen molar-refractivity contribution in [3.8, 4) is 0 Å². The highest BCUT2D eigenvalue weighted by Crippen LogP contribution is 2.52. The van der Waals surface area contributed by atoms with E-state index in [9.17, 15) is 4.39 Å². The maximum atomic E-state index is 15.0. The zero-order chi connectivity index (χ0) is 21.1. The SMILES string of the molecule is CCCC1CCC(C2CCC(C3CCC4CC(CCC)C(F)C(F)C4C3)CC2)CC1. The summed E-state index contributed by atoms with van der Waals surface area (Å²) in [6.07, 6.45) is 18.2. The summed E-state index contributed by atoms with van der Waals surface area (Å²) in [6.45, 7) is 4.44. The van der Waals surface area contributed by atoms with Crippen LogP contribution in [0, 0.1) is 47.3 Å². The van der Waals surface area contributed by atoms with Gasteiger partial charge in [0.25, 0.3) is 0 Å². The monoisotopic (exact) mass is 422 g/mol. The predicted molar refractivity (Wildman–Crippen MR) is 123 cm³/mol. The van der Waals surface area contributed by atoms with Gasteiger partial charge in [-0.3, -0.25) is 0 Å². The van der Waals surface area contributed by atoms with E-state index in [1.165, 1.54) is 77.0 Å². The van der Waals surface area contributed by atoms with Crippen molar-refractivity contribution in [3.05, 3.63) is 0 Å². The van der Waals surface area contributed by atoms with Crippen molar-refractivity contribution < 1.29 is 8.78 Å². The maximum Gasteiger partial charge on any atom is 0.134 e. The van der Waals surface area contributed by atoms with Crippen molar-refractivity contribution in [2.75, 3.05) is 0 Å². The van der Waals surface area contributed by atoms with E-state index in [0.717, 1.165) is 49.4 Å². The van der Waals surface area contributed by atoms with Crippen LogP contribution in [0.5, 0.6) is 0 Å². The second-order valence-corrected chi connectivity index (χ2v) is 11.9. The van der Waals surface area contributed by atoms with E-state index in [0.29, 0.717) is 11.8 Å². The Hall–Kier alpha value is -0.140. The molecule has 4 rings (SSSR count). The van der Waals surface area contributed by atoms with Crippen molar-refractivity contribution in [3.63, 3.8) is 0 Å². The third-order valence-corrected chi connectivity index (χ3v) is 10.3. The van der Waals surface area contributed by atoms with Crippen LogP contribution in [-0.4, -0.2) is 12.3 Å². The molecule has 0 heterocycles. The molecule has 0 radical (unpaired) electrons. The Labute approximate surface area is 185 Å². The first-order valence-electron chi connectivity index (χ1n) is 13.9. The van der Waals surface area contributed by atoms with Gasteiger partial charge in [0, 0.05) is 0 Å². The molecule has 4 aliphatic rings. The molecule has 0 amide bonds. The van der Waals surface area contributed by atoms with Gasteiger partial charge in [-0.2, -0.15) is 0 Å². The number of rotatable bonds is 6. The van der Waals surface area contributed by atoms with Crippen LogP contribution in [0.4, 0.5) is 8.78 Å². The van der Waals surface area contributed by atoms with E-state index in [2.05, 4.69) is 13.8 Å². The summed E-state index contributed by atoms with van der Waals surface area (Å²) in [4.78, 5) is 0. The van der Waals surface area contributed by atoms with Gasteiger partial charge in [-0.05, 0) is 118 Å². The lowest BCUT2D eigenvalue weighted by Crippen LogP contribution is -2.46. The van der Waals surface area contributed by atoms with E-state index in [1.807, 2.05) is 0 Å².